The maximum atomic E-state index is 11.7. The molecule has 1 fully saturated rings. The van der Waals surface area contributed by atoms with Crippen molar-refractivity contribution in [2.24, 2.45) is 4.99 Å². The third kappa shape index (κ3) is 4.71. The number of benzene rings is 4. The van der Waals surface area contributed by atoms with Gasteiger partial charge in [-0.15, -0.1) is 0 Å². The van der Waals surface area contributed by atoms with Crippen molar-refractivity contribution in [1.82, 2.24) is 4.90 Å². The van der Waals surface area contributed by atoms with Gasteiger partial charge < -0.3 is 4.90 Å². The van der Waals surface area contributed by atoms with Crippen LogP contribution in [-0.2, 0) is 6.42 Å². The van der Waals surface area contributed by atoms with E-state index in [0.717, 1.165) is 55.1 Å². The number of nitro benzene ring substituents is 1. The Morgan fingerprint density at radius 3 is 2.03 bits per heavy atom. The quantitative estimate of drug-likeness (QED) is 0.243. The topological polar surface area (TPSA) is 62.0 Å². The van der Waals surface area contributed by atoms with E-state index in [0.29, 0.717) is 6.54 Å². The van der Waals surface area contributed by atoms with E-state index in [1.165, 1.54) is 16.7 Å². The van der Waals surface area contributed by atoms with Gasteiger partial charge in [-0.25, -0.2) is 0 Å². The third-order valence-electron chi connectivity index (χ3n) is 7.62. The van der Waals surface area contributed by atoms with Gasteiger partial charge in [0.15, 0.2) is 0 Å². The zero-order valence-electron chi connectivity index (χ0n) is 21.2. The van der Waals surface area contributed by atoms with Crippen LogP contribution in [0.15, 0.2) is 108 Å². The smallest absolute Gasteiger partial charge is 0.270 e. The summed E-state index contributed by atoms with van der Waals surface area (Å²) >= 11 is 0. The van der Waals surface area contributed by atoms with E-state index in [-0.39, 0.29) is 16.7 Å². The maximum Gasteiger partial charge on any atom is 0.270 e. The number of fused-ring (bicyclic) bond motifs is 1. The lowest BCUT2D eigenvalue weighted by Gasteiger charge is -2.41. The Hall–Kier alpha value is -4.29. The van der Waals surface area contributed by atoms with Crippen molar-refractivity contribution >= 4 is 17.1 Å². The van der Waals surface area contributed by atoms with Gasteiger partial charge in [-0.05, 0) is 29.2 Å². The summed E-state index contributed by atoms with van der Waals surface area (Å²) in [5, 5.41) is 11.7. The number of anilines is 1. The highest BCUT2D eigenvalue weighted by Gasteiger charge is 2.29. The normalized spacial score (nSPS) is 15.7. The first-order valence-electron chi connectivity index (χ1n) is 13.2. The van der Waals surface area contributed by atoms with Crippen LogP contribution < -0.4 is 4.90 Å². The molecule has 4 aromatic carbocycles. The lowest BCUT2D eigenvalue weighted by molar-refractivity contribution is -0.384. The Balaban J connectivity index is 1.31. The highest BCUT2D eigenvalue weighted by molar-refractivity contribution is 6.17. The monoisotopic (exact) mass is 502 g/mol. The van der Waals surface area contributed by atoms with Gasteiger partial charge in [0, 0.05) is 61.7 Å². The standard InChI is InChI=1S/C32H30N4O2/c37-36(38)27-15-16-30(29(23-27)31-28-14-8-7-9-24(28)17-18-33-31)34-19-21-35(22-20-34)32(25-10-3-1-4-11-25)26-12-5-2-6-13-26/h1-16,23,32H,17-22H2. The molecule has 0 N–H and O–H groups in total. The average molecular weight is 503 g/mol. The molecule has 6 nitrogen and oxygen atoms in total. The molecule has 2 aliphatic heterocycles. The molecule has 0 spiro atoms. The second-order valence-corrected chi connectivity index (χ2v) is 9.84. The van der Waals surface area contributed by atoms with Gasteiger partial charge in [0.05, 0.1) is 16.7 Å². The fraction of sp³-hybridized carbons (Fsp3) is 0.219. The fourth-order valence-electron chi connectivity index (χ4n) is 5.78. The minimum absolute atomic E-state index is 0.0985. The summed E-state index contributed by atoms with van der Waals surface area (Å²) in [7, 11) is 0. The van der Waals surface area contributed by atoms with Crippen LogP contribution in [0.2, 0.25) is 0 Å². The van der Waals surface area contributed by atoms with Crippen LogP contribution in [0, 0.1) is 10.1 Å². The van der Waals surface area contributed by atoms with Crippen molar-refractivity contribution in [3.8, 4) is 0 Å². The zero-order chi connectivity index (χ0) is 25.9. The minimum atomic E-state index is -0.315. The van der Waals surface area contributed by atoms with Crippen LogP contribution in [-0.4, -0.2) is 48.3 Å². The molecule has 0 unspecified atom stereocenters. The van der Waals surface area contributed by atoms with Gasteiger partial charge in [-0.3, -0.25) is 20.0 Å². The third-order valence-corrected chi connectivity index (χ3v) is 7.62. The van der Waals surface area contributed by atoms with Gasteiger partial charge in [0.2, 0.25) is 0 Å². The number of piperazine rings is 1. The predicted molar refractivity (Wildman–Crippen MR) is 152 cm³/mol. The van der Waals surface area contributed by atoms with Crippen LogP contribution >= 0.6 is 0 Å². The van der Waals surface area contributed by atoms with E-state index < -0.39 is 0 Å². The van der Waals surface area contributed by atoms with Crippen molar-refractivity contribution in [1.29, 1.82) is 0 Å². The van der Waals surface area contributed by atoms with Crippen molar-refractivity contribution < 1.29 is 4.92 Å². The zero-order valence-corrected chi connectivity index (χ0v) is 21.2. The maximum absolute atomic E-state index is 11.7. The lowest BCUT2D eigenvalue weighted by atomic mass is 9.91. The van der Waals surface area contributed by atoms with Crippen LogP contribution in [0.4, 0.5) is 11.4 Å². The van der Waals surface area contributed by atoms with Crippen LogP contribution in [0.1, 0.15) is 33.9 Å². The van der Waals surface area contributed by atoms with Gasteiger partial charge in [-0.1, -0.05) is 84.9 Å². The molecular weight excluding hydrogens is 472 g/mol. The summed E-state index contributed by atoms with van der Waals surface area (Å²) in [6.45, 7) is 4.12. The van der Waals surface area contributed by atoms with E-state index in [1.54, 1.807) is 12.1 Å². The number of nitrogens with zero attached hydrogens (tertiary/aromatic N) is 4. The molecule has 2 aliphatic rings. The molecule has 4 aromatic rings. The molecule has 38 heavy (non-hydrogen) atoms. The second-order valence-electron chi connectivity index (χ2n) is 9.84. The molecule has 0 bridgehead atoms. The second kappa shape index (κ2) is 10.6. The minimum Gasteiger partial charge on any atom is -0.368 e. The molecule has 190 valence electrons. The Morgan fingerprint density at radius 1 is 0.737 bits per heavy atom. The van der Waals surface area contributed by atoms with E-state index >= 15 is 0 Å². The first-order valence-corrected chi connectivity index (χ1v) is 13.2. The lowest BCUT2D eigenvalue weighted by Crippen LogP contribution is -2.48. The predicted octanol–water partition coefficient (Wildman–Crippen LogP) is 5.90. The van der Waals surface area contributed by atoms with Gasteiger partial charge in [0.1, 0.15) is 0 Å². The van der Waals surface area contributed by atoms with E-state index in [1.807, 2.05) is 18.2 Å². The molecule has 0 saturated carbocycles. The highest BCUT2D eigenvalue weighted by atomic mass is 16.6. The molecule has 0 aromatic heterocycles. The van der Waals surface area contributed by atoms with Crippen LogP contribution in [0.5, 0.6) is 0 Å². The molecule has 0 aliphatic carbocycles. The Kier molecular flexibility index (Phi) is 6.71. The SMILES string of the molecule is O=[N+]([O-])c1ccc(N2CCN(C(c3ccccc3)c3ccccc3)CC2)c(C2=NCCc3ccccc32)c1. The number of rotatable bonds is 6. The van der Waals surface area contributed by atoms with E-state index in [4.69, 9.17) is 4.99 Å². The Bertz CT molecular complexity index is 1420. The largest absolute Gasteiger partial charge is 0.368 e. The summed E-state index contributed by atoms with van der Waals surface area (Å²) in [4.78, 5) is 21.2. The highest BCUT2D eigenvalue weighted by Crippen LogP contribution is 2.34. The molecule has 1 saturated heterocycles. The number of non-ortho nitro benzene ring substituents is 1. The Morgan fingerprint density at radius 2 is 1.37 bits per heavy atom. The molecule has 0 atom stereocenters. The first-order chi connectivity index (χ1) is 18.7. The van der Waals surface area contributed by atoms with Gasteiger partial charge in [0.25, 0.3) is 5.69 Å². The summed E-state index contributed by atoms with van der Waals surface area (Å²) in [6.07, 6.45) is 0.892. The molecule has 6 heteroatoms. The Labute approximate surface area is 223 Å². The van der Waals surface area contributed by atoms with Crippen molar-refractivity contribution in [3.05, 3.63) is 141 Å². The summed E-state index contributed by atoms with van der Waals surface area (Å²) < 4.78 is 0. The van der Waals surface area contributed by atoms with Crippen LogP contribution in [0.25, 0.3) is 0 Å². The average Bonchev–Trinajstić information content (AvgIpc) is 2.98. The molecule has 0 radical (unpaired) electrons. The van der Waals surface area contributed by atoms with Crippen molar-refractivity contribution in [3.63, 3.8) is 0 Å². The van der Waals surface area contributed by atoms with E-state index in [9.17, 15) is 10.1 Å². The number of hydrogen-bond donors (Lipinski definition) is 0. The number of hydrogen-bond acceptors (Lipinski definition) is 5. The van der Waals surface area contributed by atoms with Crippen molar-refractivity contribution in [2.45, 2.75) is 12.5 Å². The summed E-state index contributed by atoms with van der Waals surface area (Å²) in [6, 6.07) is 35.1. The first kappa shape index (κ1) is 24.1. The number of aliphatic imine (C=N–C) groups is 1. The van der Waals surface area contributed by atoms with Crippen molar-refractivity contribution in [2.75, 3.05) is 37.6 Å². The molecular formula is C32H30N4O2. The van der Waals surface area contributed by atoms with Gasteiger partial charge in [-0.2, -0.15) is 0 Å². The molecule has 2 heterocycles. The molecule has 0 amide bonds. The van der Waals surface area contributed by atoms with E-state index in [2.05, 4.69) is 82.6 Å². The fourth-order valence-corrected chi connectivity index (χ4v) is 5.78. The molecule has 6 rings (SSSR count). The van der Waals surface area contributed by atoms with Gasteiger partial charge >= 0.3 is 0 Å². The van der Waals surface area contributed by atoms with Crippen LogP contribution in [0.3, 0.4) is 0 Å². The summed E-state index contributed by atoms with van der Waals surface area (Å²) in [5.41, 5.74) is 7.72. The number of nitro groups is 1. The summed E-state index contributed by atoms with van der Waals surface area (Å²) in [5.74, 6) is 0.